The molecule has 3 nitrogen and oxygen atoms in total. The van der Waals surface area contributed by atoms with E-state index in [1.54, 1.807) is 17.8 Å². The van der Waals surface area contributed by atoms with Crippen molar-refractivity contribution in [1.82, 2.24) is 9.97 Å². The van der Waals surface area contributed by atoms with Crippen molar-refractivity contribution in [3.8, 4) is 0 Å². The second kappa shape index (κ2) is 6.10. The molecule has 1 aromatic heterocycles. The van der Waals surface area contributed by atoms with Crippen molar-refractivity contribution < 1.29 is 4.39 Å². The molecule has 0 fully saturated rings. The summed E-state index contributed by atoms with van der Waals surface area (Å²) in [7, 11) is 0. The Balaban J connectivity index is 1.82. The highest BCUT2D eigenvalue weighted by Crippen LogP contribution is 2.21. The third-order valence-electron chi connectivity index (χ3n) is 3.22. The van der Waals surface area contributed by atoms with Gasteiger partial charge in [-0.2, -0.15) is 0 Å². The van der Waals surface area contributed by atoms with Crippen LogP contribution in [0, 0.1) is 5.82 Å². The summed E-state index contributed by atoms with van der Waals surface area (Å²) in [6, 6.07) is 12.8. The number of thioether (sulfide) groups is 1. The zero-order valence-electron chi connectivity index (χ0n) is 11.5. The Kier molecular flexibility index (Phi) is 4.01. The molecule has 106 valence electrons. The summed E-state index contributed by atoms with van der Waals surface area (Å²) in [6.07, 6.45) is 3.54. The van der Waals surface area contributed by atoms with Crippen molar-refractivity contribution in [2.24, 2.45) is 0 Å². The minimum absolute atomic E-state index is 0.287. The molecule has 0 aliphatic rings. The molecule has 3 aromatic rings. The van der Waals surface area contributed by atoms with Crippen molar-refractivity contribution in [2.45, 2.75) is 11.4 Å². The van der Waals surface area contributed by atoms with Crippen LogP contribution < -0.4 is 5.32 Å². The second-order valence-corrected chi connectivity index (χ2v) is 5.47. The summed E-state index contributed by atoms with van der Waals surface area (Å²) in [5, 5.41) is 3.94. The summed E-state index contributed by atoms with van der Waals surface area (Å²) in [5.74, 6) is 0.359. The summed E-state index contributed by atoms with van der Waals surface area (Å²) in [5.41, 5.74) is 1.88. The Labute approximate surface area is 126 Å². The van der Waals surface area contributed by atoms with E-state index in [9.17, 15) is 4.39 Å². The first-order valence-corrected chi connectivity index (χ1v) is 7.76. The van der Waals surface area contributed by atoms with Gasteiger partial charge in [0.25, 0.3) is 0 Å². The fraction of sp³-hybridized carbons (Fsp3) is 0.125. The van der Waals surface area contributed by atoms with Crippen LogP contribution in [0.4, 0.5) is 10.2 Å². The minimum Gasteiger partial charge on any atom is -0.365 e. The third-order valence-corrected chi connectivity index (χ3v) is 3.96. The Morgan fingerprint density at radius 3 is 2.67 bits per heavy atom. The van der Waals surface area contributed by atoms with Gasteiger partial charge >= 0.3 is 0 Å². The van der Waals surface area contributed by atoms with Crippen LogP contribution in [0.3, 0.4) is 0 Å². The van der Waals surface area contributed by atoms with Gasteiger partial charge in [-0.05, 0) is 42.2 Å². The van der Waals surface area contributed by atoms with E-state index in [-0.39, 0.29) is 5.82 Å². The van der Waals surface area contributed by atoms with Gasteiger partial charge in [0, 0.05) is 16.8 Å². The van der Waals surface area contributed by atoms with E-state index < -0.39 is 0 Å². The van der Waals surface area contributed by atoms with Crippen LogP contribution in [0.15, 0.2) is 53.7 Å². The molecular weight excluding hydrogens is 285 g/mol. The van der Waals surface area contributed by atoms with Crippen molar-refractivity contribution in [3.05, 3.63) is 60.2 Å². The first-order chi connectivity index (χ1) is 10.3. The fourth-order valence-corrected chi connectivity index (χ4v) is 2.51. The molecule has 0 aliphatic heterocycles. The fourth-order valence-electron chi connectivity index (χ4n) is 2.10. The summed E-state index contributed by atoms with van der Waals surface area (Å²) in [4.78, 5) is 9.57. The van der Waals surface area contributed by atoms with E-state index in [0.29, 0.717) is 17.7 Å². The number of benzene rings is 2. The number of halogens is 1. The standard InChI is InChI=1S/C16H14FN3S/c1-21-13-5-2-11(3-6-13)9-18-16-14-8-12(17)4-7-15(14)19-10-20-16/h2-8,10H,9H2,1H3,(H,18,19,20). The molecule has 0 spiro atoms. The smallest absolute Gasteiger partial charge is 0.137 e. The molecular formula is C16H14FN3S. The summed E-state index contributed by atoms with van der Waals surface area (Å²) >= 11 is 1.71. The van der Waals surface area contributed by atoms with E-state index in [2.05, 4.69) is 45.8 Å². The van der Waals surface area contributed by atoms with E-state index in [4.69, 9.17) is 0 Å². The maximum Gasteiger partial charge on any atom is 0.137 e. The molecule has 0 saturated carbocycles. The Morgan fingerprint density at radius 1 is 1.10 bits per heavy atom. The lowest BCUT2D eigenvalue weighted by molar-refractivity contribution is 0.629. The molecule has 2 aromatic carbocycles. The molecule has 1 N–H and O–H groups in total. The lowest BCUT2D eigenvalue weighted by Crippen LogP contribution is -2.02. The second-order valence-electron chi connectivity index (χ2n) is 4.59. The number of aromatic nitrogens is 2. The predicted octanol–water partition coefficient (Wildman–Crippen LogP) is 4.10. The predicted molar refractivity (Wildman–Crippen MR) is 85.0 cm³/mol. The Morgan fingerprint density at radius 2 is 1.90 bits per heavy atom. The van der Waals surface area contributed by atoms with Gasteiger partial charge in [-0.1, -0.05) is 12.1 Å². The summed E-state index contributed by atoms with van der Waals surface area (Å²) < 4.78 is 13.4. The van der Waals surface area contributed by atoms with E-state index >= 15 is 0 Å². The zero-order chi connectivity index (χ0) is 14.7. The largest absolute Gasteiger partial charge is 0.365 e. The molecule has 0 aliphatic carbocycles. The van der Waals surface area contributed by atoms with Crippen LogP contribution in [0.2, 0.25) is 0 Å². The van der Waals surface area contributed by atoms with Gasteiger partial charge in [-0.3, -0.25) is 0 Å². The normalized spacial score (nSPS) is 10.8. The van der Waals surface area contributed by atoms with E-state index in [1.807, 2.05) is 0 Å². The Hall–Kier alpha value is -2.14. The molecule has 1 heterocycles. The van der Waals surface area contributed by atoms with Crippen LogP contribution in [0.5, 0.6) is 0 Å². The first-order valence-electron chi connectivity index (χ1n) is 6.53. The summed E-state index contributed by atoms with van der Waals surface area (Å²) in [6.45, 7) is 0.636. The van der Waals surface area contributed by atoms with Crippen LogP contribution >= 0.6 is 11.8 Å². The molecule has 3 rings (SSSR count). The molecule has 0 radical (unpaired) electrons. The third kappa shape index (κ3) is 3.13. The van der Waals surface area contributed by atoms with Gasteiger partial charge in [0.05, 0.1) is 5.52 Å². The number of anilines is 1. The highest BCUT2D eigenvalue weighted by molar-refractivity contribution is 7.98. The zero-order valence-corrected chi connectivity index (χ0v) is 12.3. The maximum absolute atomic E-state index is 13.4. The number of rotatable bonds is 4. The number of hydrogen-bond acceptors (Lipinski definition) is 4. The van der Waals surface area contributed by atoms with Crippen LogP contribution in [0.1, 0.15) is 5.56 Å². The molecule has 0 amide bonds. The number of hydrogen-bond donors (Lipinski definition) is 1. The van der Waals surface area contributed by atoms with Crippen molar-refractivity contribution in [2.75, 3.05) is 11.6 Å². The Bertz CT molecular complexity index is 759. The van der Waals surface area contributed by atoms with Crippen molar-refractivity contribution in [3.63, 3.8) is 0 Å². The van der Waals surface area contributed by atoms with Crippen LogP contribution in [0.25, 0.3) is 10.9 Å². The average molecular weight is 299 g/mol. The molecule has 0 unspecified atom stereocenters. The number of nitrogens with zero attached hydrogens (tertiary/aromatic N) is 2. The van der Waals surface area contributed by atoms with Gasteiger partial charge in [-0.15, -0.1) is 11.8 Å². The van der Waals surface area contributed by atoms with Gasteiger partial charge in [0.1, 0.15) is 18.0 Å². The molecule has 0 atom stereocenters. The average Bonchev–Trinajstić information content (AvgIpc) is 2.53. The quantitative estimate of drug-likeness (QED) is 0.736. The van der Waals surface area contributed by atoms with Crippen molar-refractivity contribution >= 4 is 28.5 Å². The van der Waals surface area contributed by atoms with Crippen LogP contribution in [-0.2, 0) is 6.54 Å². The lowest BCUT2D eigenvalue weighted by atomic mass is 10.2. The van der Waals surface area contributed by atoms with E-state index in [0.717, 1.165) is 11.1 Å². The monoisotopic (exact) mass is 299 g/mol. The lowest BCUT2D eigenvalue weighted by Gasteiger charge is -2.08. The topological polar surface area (TPSA) is 37.8 Å². The first kappa shape index (κ1) is 13.8. The highest BCUT2D eigenvalue weighted by Gasteiger charge is 2.04. The van der Waals surface area contributed by atoms with Gasteiger partial charge in [0.15, 0.2) is 0 Å². The molecule has 5 heteroatoms. The molecule has 21 heavy (non-hydrogen) atoms. The van der Waals surface area contributed by atoms with Crippen LogP contribution in [-0.4, -0.2) is 16.2 Å². The van der Waals surface area contributed by atoms with E-state index in [1.165, 1.54) is 23.4 Å². The maximum atomic E-state index is 13.4. The van der Waals surface area contributed by atoms with Crippen molar-refractivity contribution in [1.29, 1.82) is 0 Å². The molecule has 0 saturated heterocycles. The van der Waals surface area contributed by atoms with Gasteiger partial charge in [-0.25, -0.2) is 14.4 Å². The minimum atomic E-state index is -0.287. The number of nitrogens with one attached hydrogen (secondary N) is 1. The van der Waals surface area contributed by atoms with Gasteiger partial charge < -0.3 is 5.32 Å². The number of fused-ring (bicyclic) bond motifs is 1. The van der Waals surface area contributed by atoms with Gasteiger partial charge in [0.2, 0.25) is 0 Å². The SMILES string of the molecule is CSc1ccc(CNc2ncnc3ccc(F)cc23)cc1. The highest BCUT2D eigenvalue weighted by atomic mass is 32.2. The molecule has 0 bridgehead atoms.